The quantitative estimate of drug-likeness (QED) is 0.148. The lowest BCUT2D eigenvalue weighted by molar-refractivity contribution is 0.0944. The third-order valence-electron chi connectivity index (χ3n) is 5.29. The molecule has 10 nitrogen and oxygen atoms in total. The molecular formula is C25H30ClFN6O4S. The number of ether oxygens (including phenoxy) is 1. The van der Waals surface area contributed by atoms with Gasteiger partial charge in [0.1, 0.15) is 28.9 Å². The van der Waals surface area contributed by atoms with Gasteiger partial charge in [0.15, 0.2) is 10.8 Å². The topological polar surface area (TPSA) is 145 Å². The first-order chi connectivity index (χ1) is 18.3. The summed E-state index contributed by atoms with van der Waals surface area (Å²) in [6.07, 6.45) is 0. The molecule has 1 heterocycles. The zero-order valence-electron chi connectivity index (χ0n) is 20.8. The van der Waals surface area contributed by atoms with Crippen LogP contribution >= 0.6 is 22.9 Å². The Labute approximate surface area is 228 Å². The second-order valence-corrected chi connectivity index (χ2v) is 9.43. The molecule has 0 aliphatic carbocycles. The number of aliphatic hydroxyl groups is 2. The molecule has 0 radical (unpaired) electrons. The number of benzene rings is 2. The van der Waals surface area contributed by atoms with Crippen molar-refractivity contribution in [1.82, 2.24) is 15.2 Å². The lowest BCUT2D eigenvalue weighted by Gasteiger charge is -2.19. The number of hydrogen-bond donors (Lipinski definition) is 5. The minimum atomic E-state index is -0.374. The molecule has 0 saturated carbocycles. The van der Waals surface area contributed by atoms with Gasteiger partial charge in [-0.3, -0.25) is 9.69 Å². The Bertz CT molecular complexity index is 1250. The average molecular weight is 565 g/mol. The summed E-state index contributed by atoms with van der Waals surface area (Å²) in [7, 11) is 1.69. The number of nitrogens with zero attached hydrogens (tertiary/aromatic N) is 3. The van der Waals surface area contributed by atoms with Gasteiger partial charge in [-0.05, 0) is 35.9 Å². The second-order valence-electron chi connectivity index (χ2n) is 8.02. The largest absolute Gasteiger partial charge is 0.487 e. The molecule has 3 aromatic rings. The van der Waals surface area contributed by atoms with Crippen molar-refractivity contribution in [3.63, 3.8) is 0 Å². The third-order valence-corrected chi connectivity index (χ3v) is 6.65. The maximum Gasteiger partial charge on any atom is 0.280 e. The number of carbonyl (C=O) groups excluding carboxylic acids is 1. The van der Waals surface area contributed by atoms with E-state index in [1.807, 2.05) is 4.90 Å². The Morgan fingerprint density at radius 3 is 2.63 bits per heavy atom. The zero-order valence-corrected chi connectivity index (χ0v) is 22.4. The van der Waals surface area contributed by atoms with E-state index in [2.05, 4.69) is 20.6 Å². The molecule has 204 valence electrons. The fraction of sp³-hybridized carbons (Fsp3) is 0.320. The van der Waals surface area contributed by atoms with Gasteiger partial charge < -0.3 is 31.3 Å². The van der Waals surface area contributed by atoms with Crippen LogP contribution in [0.25, 0.3) is 0 Å². The van der Waals surface area contributed by atoms with Crippen molar-refractivity contribution in [2.45, 2.75) is 6.61 Å². The molecule has 0 aliphatic rings. The molecule has 1 aromatic heterocycles. The monoisotopic (exact) mass is 564 g/mol. The van der Waals surface area contributed by atoms with Gasteiger partial charge in [0.05, 0.1) is 23.9 Å². The minimum absolute atomic E-state index is 0.0379. The molecular weight excluding hydrogens is 535 g/mol. The van der Waals surface area contributed by atoms with E-state index in [1.54, 1.807) is 37.4 Å². The maximum absolute atomic E-state index is 13.4. The predicted octanol–water partition coefficient (Wildman–Crippen LogP) is 2.61. The Morgan fingerprint density at radius 2 is 1.97 bits per heavy atom. The highest BCUT2D eigenvalue weighted by Crippen LogP contribution is 2.31. The van der Waals surface area contributed by atoms with Crippen molar-refractivity contribution in [2.75, 3.05) is 51.8 Å². The van der Waals surface area contributed by atoms with Crippen LogP contribution in [0.15, 0.2) is 47.5 Å². The number of aromatic nitrogens is 1. The van der Waals surface area contributed by atoms with Crippen molar-refractivity contribution in [3.05, 3.63) is 69.6 Å². The summed E-state index contributed by atoms with van der Waals surface area (Å²) in [4.78, 5) is 23.2. The van der Waals surface area contributed by atoms with Crippen LogP contribution in [-0.2, 0) is 6.61 Å². The Kier molecular flexibility index (Phi) is 11.2. The predicted molar refractivity (Wildman–Crippen MR) is 147 cm³/mol. The Balaban J connectivity index is 1.66. The van der Waals surface area contributed by atoms with E-state index in [4.69, 9.17) is 32.3 Å². The Hall–Kier alpha value is -3.29. The van der Waals surface area contributed by atoms with Crippen LogP contribution in [0.3, 0.4) is 0 Å². The molecule has 0 saturated heterocycles. The normalized spacial score (nSPS) is 11.6. The van der Waals surface area contributed by atoms with Gasteiger partial charge in [0.2, 0.25) is 0 Å². The zero-order chi connectivity index (χ0) is 27.5. The Morgan fingerprint density at radius 1 is 1.21 bits per heavy atom. The number of halogens is 2. The van der Waals surface area contributed by atoms with Gasteiger partial charge in [-0.25, -0.2) is 14.4 Å². The number of rotatable bonds is 14. The lowest BCUT2D eigenvalue weighted by Crippen LogP contribution is -2.37. The van der Waals surface area contributed by atoms with E-state index in [-0.39, 0.29) is 42.4 Å². The molecule has 0 unspecified atom stereocenters. The molecule has 0 spiro atoms. The van der Waals surface area contributed by atoms with Crippen LogP contribution in [-0.4, -0.2) is 78.3 Å². The molecule has 1 amide bonds. The van der Waals surface area contributed by atoms with E-state index in [9.17, 15) is 9.18 Å². The first-order valence-corrected chi connectivity index (χ1v) is 13.0. The van der Waals surface area contributed by atoms with Gasteiger partial charge in [0.25, 0.3) is 5.91 Å². The molecule has 3 rings (SSSR count). The van der Waals surface area contributed by atoms with Crippen LogP contribution in [0, 0.1) is 5.82 Å². The van der Waals surface area contributed by atoms with Gasteiger partial charge in [-0.2, -0.15) is 0 Å². The number of nitrogens with two attached hydrogens (primary N) is 1. The van der Waals surface area contributed by atoms with Crippen LogP contribution in [0.5, 0.6) is 5.75 Å². The van der Waals surface area contributed by atoms with Crippen molar-refractivity contribution >= 4 is 45.4 Å². The highest BCUT2D eigenvalue weighted by atomic mass is 35.5. The third kappa shape index (κ3) is 8.36. The van der Waals surface area contributed by atoms with Crippen LogP contribution < -0.4 is 21.1 Å². The van der Waals surface area contributed by atoms with E-state index in [0.717, 1.165) is 11.3 Å². The van der Waals surface area contributed by atoms with Gasteiger partial charge in [-0.1, -0.05) is 35.1 Å². The summed E-state index contributed by atoms with van der Waals surface area (Å²) in [5.74, 6) is -0.218. The number of thiazole rings is 1. The molecule has 2 aromatic carbocycles. The number of aliphatic imine (C=N–C) groups is 1. The van der Waals surface area contributed by atoms with Crippen LogP contribution in [0.4, 0.5) is 15.1 Å². The minimum Gasteiger partial charge on any atom is -0.487 e. The highest BCUT2D eigenvalue weighted by molar-refractivity contribution is 7.18. The van der Waals surface area contributed by atoms with Crippen molar-refractivity contribution in [2.24, 2.45) is 10.7 Å². The van der Waals surface area contributed by atoms with Crippen LogP contribution in [0.1, 0.15) is 21.1 Å². The van der Waals surface area contributed by atoms with Gasteiger partial charge in [0, 0.05) is 33.2 Å². The number of anilines is 1. The van der Waals surface area contributed by atoms with Crippen molar-refractivity contribution < 1.29 is 24.1 Å². The summed E-state index contributed by atoms with van der Waals surface area (Å²) < 4.78 is 19.1. The molecule has 0 atom stereocenters. The molecule has 6 N–H and O–H groups in total. The summed E-state index contributed by atoms with van der Waals surface area (Å²) in [6.45, 7) is 1.66. The smallest absolute Gasteiger partial charge is 0.280 e. The number of hydrogen-bond acceptors (Lipinski definition) is 9. The number of amides is 1. The maximum atomic E-state index is 13.4. The number of carbonyl (C=O) groups is 1. The number of nitrogens with one attached hydrogen (secondary N) is 2. The fourth-order valence-electron chi connectivity index (χ4n) is 3.44. The summed E-state index contributed by atoms with van der Waals surface area (Å²) >= 11 is 7.49. The van der Waals surface area contributed by atoms with E-state index in [0.29, 0.717) is 58.9 Å². The average Bonchev–Trinajstić information content (AvgIpc) is 3.33. The standard InChI is InChI=1S/C25H30ClFN6O4S/c1-29-24-21(32-25(38-24)23(36)30-7-8-33(9-11-34)10-12-35)22(28)31-18-5-6-20(19(26)14-18)37-15-16-3-2-4-17(27)13-16/h2-6,13-14,29,34-35H,7-12,15H2,1H3,(H2,28,31)(H,30,36). The van der Waals surface area contributed by atoms with Gasteiger partial charge in [-0.15, -0.1) is 0 Å². The van der Waals surface area contributed by atoms with Crippen molar-refractivity contribution in [1.29, 1.82) is 0 Å². The fourth-order valence-corrected chi connectivity index (χ4v) is 4.51. The first-order valence-electron chi connectivity index (χ1n) is 11.8. The van der Waals surface area contributed by atoms with E-state index in [1.165, 1.54) is 12.1 Å². The summed E-state index contributed by atoms with van der Waals surface area (Å²) in [5.41, 5.74) is 7.67. The van der Waals surface area contributed by atoms with Crippen molar-refractivity contribution in [3.8, 4) is 5.75 Å². The SMILES string of the molecule is CNc1sc(C(=O)NCCN(CCO)CCO)nc1C(N)=Nc1ccc(OCc2cccc(F)c2)c(Cl)c1. The number of aliphatic hydroxyl groups excluding tert-OH is 2. The van der Waals surface area contributed by atoms with Crippen LogP contribution in [0.2, 0.25) is 5.02 Å². The molecule has 0 fully saturated rings. The number of amidine groups is 1. The van der Waals surface area contributed by atoms with E-state index < -0.39 is 0 Å². The lowest BCUT2D eigenvalue weighted by atomic mass is 10.2. The molecule has 0 aliphatic heterocycles. The van der Waals surface area contributed by atoms with E-state index >= 15 is 0 Å². The summed E-state index contributed by atoms with van der Waals surface area (Å²) in [6, 6.07) is 11.0. The van der Waals surface area contributed by atoms with Gasteiger partial charge >= 0.3 is 0 Å². The molecule has 13 heteroatoms. The first kappa shape index (κ1) is 29.3. The molecule has 0 bridgehead atoms. The second kappa shape index (κ2) is 14.6. The summed E-state index contributed by atoms with van der Waals surface area (Å²) in [5, 5.41) is 25.0. The highest BCUT2D eigenvalue weighted by Gasteiger charge is 2.19. The molecule has 38 heavy (non-hydrogen) atoms.